The molecule has 56 heavy (non-hydrogen) atoms. The number of rotatable bonds is 20. The minimum Gasteiger partial charge on any atom is -0.462 e. The molecule has 0 saturated heterocycles. The van der Waals surface area contributed by atoms with E-state index in [-0.39, 0.29) is 42.4 Å². The Morgan fingerprint density at radius 1 is 0.732 bits per heavy atom. The monoisotopic (exact) mass is 850 g/mol. The standard InChI is InChI=1S/C44H58Cl4N2O6/c1-33-7-3-2-4-10-36-31-39(55-42(51)11-5-8-34-13-17-37(18-14-34)49(27-23-45)28-24-46)32-40(36)41(21-22-44(53)54-33)56-43(52)12-6-9-35-15-19-38(20-16-35)50(29-25-47)30-26-48/h4,10,13-22,33,36,39-41H,2-3,5-9,11-12,23-32H2,1H3/b10-4+,22-21+/t33-,36+,39-,40+,41+/m0/s1. The van der Waals surface area contributed by atoms with Crippen LogP contribution in [-0.2, 0) is 41.4 Å². The lowest BCUT2D eigenvalue weighted by Gasteiger charge is -2.25. The quantitative estimate of drug-likeness (QED) is 0.0564. The van der Waals surface area contributed by atoms with E-state index >= 15 is 0 Å². The van der Waals surface area contributed by atoms with Crippen molar-refractivity contribution in [2.75, 3.05) is 59.5 Å². The molecule has 1 heterocycles. The summed E-state index contributed by atoms with van der Waals surface area (Å²) in [5.41, 5.74) is 4.40. The van der Waals surface area contributed by atoms with E-state index in [1.54, 1.807) is 6.08 Å². The highest BCUT2D eigenvalue weighted by Crippen LogP contribution is 2.39. The molecule has 2 aliphatic rings. The van der Waals surface area contributed by atoms with Gasteiger partial charge in [0.25, 0.3) is 0 Å². The van der Waals surface area contributed by atoms with Crippen molar-refractivity contribution in [3.63, 3.8) is 0 Å². The third kappa shape index (κ3) is 15.8. The Kier molecular flexibility index (Phi) is 20.8. The summed E-state index contributed by atoms with van der Waals surface area (Å²) in [4.78, 5) is 43.5. The summed E-state index contributed by atoms with van der Waals surface area (Å²) in [6.07, 6.45) is 13.1. The van der Waals surface area contributed by atoms with E-state index in [9.17, 15) is 14.4 Å². The SMILES string of the molecule is C[C@H]1CCC/C=C/[C@@H]2C[C@H](OC(=O)CCCc3ccc(N(CCCl)CCCl)cc3)C[C@H]2[C@H](OC(=O)CCCc2ccc(N(CCCl)CCCl)cc2)/C=C/C(=O)O1. The molecule has 1 saturated carbocycles. The van der Waals surface area contributed by atoms with Crippen LogP contribution in [0.4, 0.5) is 11.4 Å². The molecule has 0 unspecified atom stereocenters. The van der Waals surface area contributed by atoms with Gasteiger partial charge >= 0.3 is 17.9 Å². The van der Waals surface area contributed by atoms with Gasteiger partial charge in [0.05, 0.1) is 6.10 Å². The van der Waals surface area contributed by atoms with E-state index in [4.69, 9.17) is 60.6 Å². The number of cyclic esters (lactones) is 1. The first-order valence-electron chi connectivity index (χ1n) is 20.1. The Hall–Kier alpha value is -2.91. The van der Waals surface area contributed by atoms with Crippen molar-refractivity contribution in [2.45, 2.75) is 95.9 Å². The van der Waals surface area contributed by atoms with Crippen LogP contribution >= 0.6 is 46.4 Å². The van der Waals surface area contributed by atoms with Crippen LogP contribution in [0.3, 0.4) is 0 Å². The van der Waals surface area contributed by atoms with Gasteiger partial charge < -0.3 is 24.0 Å². The van der Waals surface area contributed by atoms with Gasteiger partial charge in [-0.1, -0.05) is 36.4 Å². The average Bonchev–Trinajstić information content (AvgIpc) is 3.58. The van der Waals surface area contributed by atoms with Gasteiger partial charge in [-0.15, -0.1) is 46.4 Å². The first kappa shape index (κ1) is 45.8. The number of allylic oxidation sites excluding steroid dienone is 2. The third-order valence-electron chi connectivity index (χ3n) is 10.4. The number of hydrogen-bond donors (Lipinski definition) is 0. The predicted molar refractivity (Wildman–Crippen MR) is 230 cm³/mol. The number of carbonyl (C=O) groups excluding carboxylic acids is 3. The first-order valence-corrected chi connectivity index (χ1v) is 22.2. The molecule has 0 aromatic heterocycles. The van der Waals surface area contributed by atoms with Crippen LogP contribution < -0.4 is 9.80 Å². The minimum absolute atomic E-state index is 0.0100. The predicted octanol–water partition coefficient (Wildman–Crippen LogP) is 9.68. The molecular formula is C44H58Cl4N2O6. The number of ether oxygens (including phenoxy) is 3. The third-order valence-corrected chi connectivity index (χ3v) is 11.1. The lowest BCUT2D eigenvalue weighted by molar-refractivity contribution is -0.152. The summed E-state index contributed by atoms with van der Waals surface area (Å²) in [7, 11) is 0. The highest BCUT2D eigenvalue weighted by Gasteiger charge is 2.40. The average molecular weight is 853 g/mol. The highest BCUT2D eigenvalue weighted by molar-refractivity contribution is 6.19. The molecule has 2 aromatic rings. The van der Waals surface area contributed by atoms with Crippen molar-refractivity contribution < 1.29 is 28.6 Å². The fourth-order valence-electron chi connectivity index (χ4n) is 7.51. The van der Waals surface area contributed by atoms with Crippen LogP contribution in [0.15, 0.2) is 72.8 Å². The maximum absolute atomic E-state index is 13.3. The van der Waals surface area contributed by atoms with E-state index < -0.39 is 12.1 Å². The van der Waals surface area contributed by atoms with Gasteiger partial charge in [0.15, 0.2) is 0 Å². The minimum atomic E-state index is -0.675. The van der Waals surface area contributed by atoms with Gasteiger partial charge in [-0.05, 0) is 112 Å². The molecule has 0 N–H and O–H groups in total. The van der Waals surface area contributed by atoms with Gasteiger partial charge in [0, 0.05) is 85.9 Å². The molecule has 4 rings (SSSR count). The maximum Gasteiger partial charge on any atom is 0.330 e. The lowest BCUT2D eigenvalue weighted by atomic mass is 9.89. The van der Waals surface area contributed by atoms with E-state index in [0.29, 0.717) is 75.1 Å². The van der Waals surface area contributed by atoms with Crippen LogP contribution in [0.2, 0.25) is 0 Å². The van der Waals surface area contributed by atoms with Crippen LogP contribution in [-0.4, -0.2) is 85.9 Å². The maximum atomic E-state index is 13.3. The van der Waals surface area contributed by atoms with Crippen molar-refractivity contribution in [3.8, 4) is 0 Å². The summed E-state index contributed by atoms with van der Waals surface area (Å²) >= 11 is 23.9. The molecule has 0 bridgehead atoms. The molecule has 1 fully saturated rings. The Morgan fingerprint density at radius 2 is 1.25 bits per heavy atom. The van der Waals surface area contributed by atoms with Gasteiger partial charge in [-0.25, -0.2) is 4.79 Å². The summed E-state index contributed by atoms with van der Waals surface area (Å²) in [6.45, 7) is 4.78. The molecule has 2 aromatic carbocycles. The summed E-state index contributed by atoms with van der Waals surface area (Å²) in [5.74, 6) is 0.906. The number of anilines is 2. The molecule has 8 nitrogen and oxygen atoms in total. The molecule has 1 aliphatic carbocycles. The van der Waals surface area contributed by atoms with E-state index in [1.165, 1.54) is 6.08 Å². The lowest BCUT2D eigenvalue weighted by Crippen LogP contribution is -2.28. The van der Waals surface area contributed by atoms with Gasteiger partial charge in [-0.3, -0.25) is 9.59 Å². The molecule has 0 spiro atoms. The number of carbonyl (C=O) groups is 3. The zero-order valence-corrected chi connectivity index (χ0v) is 35.6. The smallest absolute Gasteiger partial charge is 0.330 e. The van der Waals surface area contributed by atoms with E-state index in [2.05, 4.69) is 70.5 Å². The molecule has 12 heteroatoms. The van der Waals surface area contributed by atoms with Crippen LogP contribution in [0.5, 0.6) is 0 Å². The molecule has 1 aliphatic heterocycles. The summed E-state index contributed by atoms with van der Waals surface area (Å²) in [5, 5.41) is 0. The first-order chi connectivity index (χ1) is 27.2. The Bertz CT molecular complexity index is 1530. The zero-order valence-electron chi connectivity index (χ0n) is 32.6. The summed E-state index contributed by atoms with van der Waals surface area (Å²) < 4.78 is 17.7. The van der Waals surface area contributed by atoms with Crippen molar-refractivity contribution >= 4 is 75.7 Å². The normalized spacial score (nSPS) is 22.4. The van der Waals surface area contributed by atoms with E-state index in [1.807, 2.05) is 6.92 Å². The topological polar surface area (TPSA) is 85.4 Å². The number of aryl methyl sites for hydroxylation is 2. The largest absolute Gasteiger partial charge is 0.462 e. The number of fused-ring (bicyclic) bond motifs is 1. The number of halogens is 4. The summed E-state index contributed by atoms with van der Waals surface area (Å²) in [6, 6.07) is 16.6. The molecule has 308 valence electrons. The Morgan fingerprint density at radius 3 is 1.77 bits per heavy atom. The highest BCUT2D eigenvalue weighted by atomic mass is 35.5. The number of esters is 3. The second-order valence-corrected chi connectivity index (χ2v) is 16.1. The number of nitrogens with zero attached hydrogens (tertiary/aromatic N) is 2. The molecular weight excluding hydrogens is 794 g/mol. The van der Waals surface area contributed by atoms with Gasteiger partial charge in [0.1, 0.15) is 12.2 Å². The van der Waals surface area contributed by atoms with Gasteiger partial charge in [-0.2, -0.15) is 0 Å². The van der Waals surface area contributed by atoms with Crippen LogP contribution in [0.25, 0.3) is 0 Å². The van der Waals surface area contributed by atoms with Crippen molar-refractivity contribution in [1.82, 2.24) is 0 Å². The Balaban J connectivity index is 1.34. The van der Waals surface area contributed by atoms with E-state index in [0.717, 1.165) is 61.3 Å². The fraction of sp³-hybridized carbons (Fsp3) is 0.568. The number of benzene rings is 2. The molecule has 0 amide bonds. The van der Waals surface area contributed by atoms with Crippen LogP contribution in [0.1, 0.15) is 75.8 Å². The van der Waals surface area contributed by atoms with Crippen molar-refractivity contribution in [2.24, 2.45) is 11.8 Å². The van der Waals surface area contributed by atoms with Crippen LogP contribution in [0, 0.1) is 11.8 Å². The zero-order chi connectivity index (χ0) is 40.1. The second kappa shape index (κ2) is 25.5. The van der Waals surface area contributed by atoms with Crippen molar-refractivity contribution in [1.29, 1.82) is 0 Å². The number of alkyl halides is 4. The fourth-order valence-corrected chi connectivity index (χ4v) is 8.32. The number of hydrogen-bond acceptors (Lipinski definition) is 8. The van der Waals surface area contributed by atoms with Crippen molar-refractivity contribution in [3.05, 3.63) is 84.0 Å². The molecule has 0 radical (unpaired) electrons. The Labute approximate surface area is 353 Å². The molecule has 5 atom stereocenters. The van der Waals surface area contributed by atoms with Gasteiger partial charge in [0.2, 0.25) is 0 Å². The second-order valence-electron chi connectivity index (χ2n) is 14.6.